The largest absolute Gasteiger partial charge is 0.491 e. The van der Waals surface area contributed by atoms with Crippen molar-refractivity contribution in [2.24, 2.45) is 0 Å². The van der Waals surface area contributed by atoms with Crippen LogP contribution in [-0.4, -0.2) is 34.9 Å². The molecule has 5 nitrogen and oxygen atoms in total. The van der Waals surface area contributed by atoms with Gasteiger partial charge in [-0.1, -0.05) is 6.92 Å². The summed E-state index contributed by atoms with van der Waals surface area (Å²) in [5.74, 6) is -1.18. The maximum atomic E-state index is 13.0. The highest BCUT2D eigenvalue weighted by Crippen LogP contribution is 2.27. The Kier molecular flexibility index (Phi) is 5.79. The fourth-order valence-corrected chi connectivity index (χ4v) is 3.63. The van der Waals surface area contributed by atoms with Gasteiger partial charge in [-0.25, -0.2) is 21.2 Å². The van der Waals surface area contributed by atoms with E-state index >= 15 is 0 Å². The quantitative estimate of drug-likeness (QED) is 0.706. The van der Waals surface area contributed by atoms with Crippen molar-refractivity contribution >= 4 is 29.6 Å². The monoisotopic (exact) mass is 344 g/mol. The van der Waals surface area contributed by atoms with Crippen LogP contribution >= 0.6 is 10.7 Å². The molecule has 0 atom stereocenters. The molecule has 0 spiro atoms. The standard InChI is InChI=1S/C11H14ClFO5S2/c1-2-6-19(14,15)7-5-18-10-4-3-9(13)8-11(10)20(12,16)17/h3-4,8H,2,5-7H2,1H3. The van der Waals surface area contributed by atoms with Crippen LogP contribution in [-0.2, 0) is 18.9 Å². The third-order valence-electron chi connectivity index (χ3n) is 2.34. The number of benzene rings is 1. The first-order valence-corrected chi connectivity index (χ1v) is 9.86. The normalized spacial score (nSPS) is 12.3. The molecule has 9 heteroatoms. The summed E-state index contributed by atoms with van der Waals surface area (Å²) in [7, 11) is -2.25. The second-order valence-electron chi connectivity index (χ2n) is 4.03. The molecule has 1 aromatic carbocycles. The van der Waals surface area contributed by atoms with Gasteiger partial charge in [0.05, 0.1) is 11.5 Å². The molecule has 20 heavy (non-hydrogen) atoms. The van der Waals surface area contributed by atoms with Gasteiger partial charge in [0.2, 0.25) is 0 Å². The predicted octanol–water partition coefficient (Wildman–Crippen LogP) is 1.96. The summed E-state index contributed by atoms with van der Waals surface area (Å²) in [6.07, 6.45) is 0.486. The lowest BCUT2D eigenvalue weighted by molar-refractivity contribution is 0.331. The number of sulfone groups is 1. The Hall–Kier alpha value is -0.860. The van der Waals surface area contributed by atoms with Gasteiger partial charge >= 0.3 is 0 Å². The summed E-state index contributed by atoms with van der Waals surface area (Å²) in [6.45, 7) is 1.50. The molecule has 0 aliphatic heterocycles. The number of rotatable bonds is 7. The average molecular weight is 345 g/mol. The highest BCUT2D eigenvalue weighted by atomic mass is 35.7. The van der Waals surface area contributed by atoms with E-state index in [2.05, 4.69) is 0 Å². The summed E-state index contributed by atoms with van der Waals surface area (Å²) >= 11 is 0. The van der Waals surface area contributed by atoms with Crippen LogP contribution in [0.2, 0.25) is 0 Å². The molecule has 114 valence electrons. The summed E-state index contributed by atoms with van der Waals surface area (Å²) in [6, 6.07) is 2.82. The molecule has 0 N–H and O–H groups in total. The summed E-state index contributed by atoms with van der Waals surface area (Å²) < 4.78 is 63.6. The van der Waals surface area contributed by atoms with Crippen molar-refractivity contribution in [1.29, 1.82) is 0 Å². The van der Waals surface area contributed by atoms with E-state index < -0.39 is 29.6 Å². The Morgan fingerprint density at radius 2 is 1.85 bits per heavy atom. The van der Waals surface area contributed by atoms with Crippen molar-refractivity contribution in [3.63, 3.8) is 0 Å². The van der Waals surface area contributed by atoms with Crippen LogP contribution in [0.15, 0.2) is 23.1 Å². The molecule has 0 unspecified atom stereocenters. The van der Waals surface area contributed by atoms with Gasteiger partial charge in [-0.3, -0.25) is 0 Å². The molecule has 0 amide bonds. The van der Waals surface area contributed by atoms with Crippen molar-refractivity contribution in [2.75, 3.05) is 18.1 Å². The fraction of sp³-hybridized carbons (Fsp3) is 0.455. The van der Waals surface area contributed by atoms with E-state index in [1.807, 2.05) is 0 Å². The molecule has 0 saturated carbocycles. The van der Waals surface area contributed by atoms with E-state index in [1.165, 1.54) is 0 Å². The van der Waals surface area contributed by atoms with Crippen LogP contribution in [0.4, 0.5) is 4.39 Å². The van der Waals surface area contributed by atoms with Crippen LogP contribution in [0, 0.1) is 5.82 Å². The number of ether oxygens (including phenoxy) is 1. The highest BCUT2D eigenvalue weighted by molar-refractivity contribution is 8.13. The Morgan fingerprint density at radius 3 is 2.40 bits per heavy atom. The Morgan fingerprint density at radius 1 is 1.20 bits per heavy atom. The summed E-state index contributed by atoms with van der Waals surface area (Å²) in [5.41, 5.74) is 0. The lowest BCUT2D eigenvalue weighted by Gasteiger charge is -2.09. The van der Waals surface area contributed by atoms with E-state index in [1.54, 1.807) is 6.92 Å². The molecule has 1 aromatic rings. The maximum absolute atomic E-state index is 13.0. The van der Waals surface area contributed by atoms with Crippen molar-refractivity contribution in [3.05, 3.63) is 24.0 Å². The summed E-state index contributed by atoms with van der Waals surface area (Å²) in [5, 5.41) is 0. The number of hydrogen-bond donors (Lipinski definition) is 0. The molecule has 0 bridgehead atoms. The topological polar surface area (TPSA) is 77.5 Å². The van der Waals surface area contributed by atoms with Gasteiger partial charge in [0.15, 0.2) is 9.84 Å². The molecular weight excluding hydrogens is 331 g/mol. The second kappa shape index (κ2) is 6.73. The minimum Gasteiger partial charge on any atom is -0.491 e. The Labute approximate surface area is 122 Å². The first-order valence-electron chi connectivity index (χ1n) is 5.73. The van der Waals surface area contributed by atoms with E-state index in [0.29, 0.717) is 6.42 Å². The minimum absolute atomic E-state index is 0.0282. The highest BCUT2D eigenvalue weighted by Gasteiger charge is 2.19. The SMILES string of the molecule is CCCS(=O)(=O)CCOc1ccc(F)cc1S(=O)(=O)Cl. The predicted molar refractivity (Wildman–Crippen MR) is 73.9 cm³/mol. The lowest BCUT2D eigenvalue weighted by atomic mass is 10.3. The first kappa shape index (κ1) is 17.2. The molecule has 0 saturated heterocycles. The molecule has 0 aliphatic carbocycles. The van der Waals surface area contributed by atoms with Gasteiger partial charge in [-0.05, 0) is 24.6 Å². The van der Waals surface area contributed by atoms with Crippen LogP contribution in [0.1, 0.15) is 13.3 Å². The van der Waals surface area contributed by atoms with Gasteiger partial charge in [-0.15, -0.1) is 0 Å². The minimum atomic E-state index is -4.17. The average Bonchev–Trinajstić information content (AvgIpc) is 2.29. The van der Waals surface area contributed by atoms with Crippen LogP contribution in [0.5, 0.6) is 5.75 Å². The summed E-state index contributed by atoms with van der Waals surface area (Å²) in [4.78, 5) is -0.521. The third kappa shape index (κ3) is 5.26. The van der Waals surface area contributed by atoms with Gasteiger partial charge in [0.1, 0.15) is 23.1 Å². The molecular formula is C11H14ClFO5S2. The zero-order chi connectivity index (χ0) is 15.4. The zero-order valence-electron chi connectivity index (χ0n) is 10.7. The molecule has 0 radical (unpaired) electrons. The van der Waals surface area contributed by atoms with Crippen molar-refractivity contribution in [1.82, 2.24) is 0 Å². The van der Waals surface area contributed by atoms with Crippen molar-refractivity contribution < 1.29 is 26.0 Å². The first-order chi connectivity index (χ1) is 9.15. The van der Waals surface area contributed by atoms with E-state index in [9.17, 15) is 21.2 Å². The second-order valence-corrected chi connectivity index (χ2v) is 8.87. The fourth-order valence-electron chi connectivity index (χ4n) is 1.48. The van der Waals surface area contributed by atoms with Crippen molar-refractivity contribution in [2.45, 2.75) is 18.2 Å². The zero-order valence-corrected chi connectivity index (χ0v) is 13.1. The van der Waals surface area contributed by atoms with Gasteiger partial charge < -0.3 is 4.74 Å². The Balaban J connectivity index is 2.84. The maximum Gasteiger partial charge on any atom is 0.265 e. The van der Waals surface area contributed by atoms with E-state index in [0.717, 1.165) is 18.2 Å². The van der Waals surface area contributed by atoms with Crippen molar-refractivity contribution in [3.8, 4) is 5.75 Å². The number of hydrogen-bond acceptors (Lipinski definition) is 5. The van der Waals surface area contributed by atoms with Gasteiger partial charge in [0.25, 0.3) is 9.05 Å². The lowest BCUT2D eigenvalue weighted by Crippen LogP contribution is -2.17. The van der Waals surface area contributed by atoms with Gasteiger partial charge in [-0.2, -0.15) is 0 Å². The van der Waals surface area contributed by atoms with E-state index in [-0.39, 0.29) is 23.9 Å². The smallest absolute Gasteiger partial charge is 0.265 e. The molecule has 0 fully saturated rings. The molecule has 1 rings (SSSR count). The third-order valence-corrected chi connectivity index (χ3v) is 5.50. The van der Waals surface area contributed by atoms with Crippen LogP contribution < -0.4 is 4.74 Å². The number of halogens is 2. The van der Waals surface area contributed by atoms with Crippen LogP contribution in [0.3, 0.4) is 0 Å². The van der Waals surface area contributed by atoms with E-state index in [4.69, 9.17) is 15.4 Å². The molecule has 0 aliphatic rings. The van der Waals surface area contributed by atoms with Crippen LogP contribution in [0.25, 0.3) is 0 Å². The molecule has 0 aromatic heterocycles. The van der Waals surface area contributed by atoms with Gasteiger partial charge in [0, 0.05) is 10.7 Å². The molecule has 0 heterocycles. The Bertz CT molecular complexity index is 670.